The first-order valence-electron chi connectivity index (χ1n) is 11.7. The molecule has 4 aromatic rings. The van der Waals surface area contributed by atoms with E-state index in [1.54, 1.807) is 48.5 Å². The molecular weight excluding hydrogens is 589 g/mol. The van der Waals surface area contributed by atoms with Crippen molar-refractivity contribution in [2.24, 2.45) is 5.73 Å². The van der Waals surface area contributed by atoms with Gasteiger partial charge < -0.3 is 5.73 Å². The topological polar surface area (TPSA) is 72.2 Å². The Morgan fingerprint density at radius 2 is 1.14 bits per heavy atom. The van der Waals surface area contributed by atoms with Gasteiger partial charge in [0, 0.05) is 19.5 Å². The van der Waals surface area contributed by atoms with Crippen LogP contribution in [0.25, 0.3) is 0 Å². The van der Waals surface area contributed by atoms with Crippen LogP contribution >= 0.6 is 11.6 Å². The van der Waals surface area contributed by atoms with E-state index >= 15 is 0 Å². The molecule has 37 heavy (non-hydrogen) atoms. The second-order valence-corrected chi connectivity index (χ2v) is 11.3. The van der Waals surface area contributed by atoms with Crippen LogP contribution < -0.4 is 10.5 Å². The largest absolute Gasteiger partial charge is 0.321 e. The second kappa shape index (κ2) is 13.5. The predicted octanol–water partition coefficient (Wildman–Crippen LogP) is 6.67. The number of sulfonamides is 1. The number of hydrogen-bond acceptors (Lipinski definition) is 3. The molecule has 0 bridgehead atoms. The molecule has 0 saturated heterocycles. The number of benzene rings is 4. The van der Waals surface area contributed by atoms with E-state index < -0.39 is 21.1 Å². The number of nitrogens with one attached hydrogen (secondary N) is 1. The molecule has 4 nitrogen and oxygen atoms in total. The van der Waals surface area contributed by atoms with Crippen molar-refractivity contribution in [3.05, 3.63) is 137 Å². The molecule has 0 amide bonds. The minimum Gasteiger partial charge on any atom is -0.321 e. The summed E-state index contributed by atoms with van der Waals surface area (Å²) in [5.74, 6) is 0. The summed E-state index contributed by atoms with van der Waals surface area (Å²) in [6, 6.07) is 30.5. The van der Waals surface area contributed by atoms with E-state index in [-0.39, 0.29) is 24.4 Å². The van der Waals surface area contributed by atoms with Gasteiger partial charge in [-0.2, -0.15) is 4.72 Å². The van der Waals surface area contributed by atoms with Crippen molar-refractivity contribution in [3.63, 3.8) is 0 Å². The number of aryl methyl sites for hydroxylation is 4. The van der Waals surface area contributed by atoms with E-state index in [9.17, 15) is 8.42 Å². The number of alkyl halides is 1. The maximum Gasteiger partial charge on any atom is 0.242 e. The minimum atomic E-state index is -3.90. The summed E-state index contributed by atoms with van der Waals surface area (Å²) in [7, 11) is -3.90. The Balaban J connectivity index is 0.000000408. The van der Waals surface area contributed by atoms with Crippen LogP contribution in [-0.4, -0.2) is 8.42 Å². The Morgan fingerprint density at radius 1 is 0.703 bits per heavy atom. The van der Waals surface area contributed by atoms with Gasteiger partial charge in [0.05, 0.1) is 10.9 Å². The SMILES string of the molecule is Cc1cc(C)cc(C)c1.Cc1ccc(S(=O)(=O)N[C@@](Cl)(c2ccccc2)[C@@H](N)c2ccccc2)cc1.[Ru]. The van der Waals surface area contributed by atoms with Crippen LogP contribution in [0.15, 0.2) is 108 Å². The van der Waals surface area contributed by atoms with Crippen molar-refractivity contribution in [2.75, 3.05) is 0 Å². The summed E-state index contributed by atoms with van der Waals surface area (Å²) in [6.07, 6.45) is 0. The average molecular weight is 622 g/mol. The van der Waals surface area contributed by atoms with Crippen LogP contribution in [0.2, 0.25) is 0 Å². The fraction of sp³-hybridized carbons (Fsp3) is 0.200. The second-order valence-electron chi connectivity index (χ2n) is 9.05. The molecule has 3 N–H and O–H groups in total. The molecule has 7 heteroatoms. The van der Waals surface area contributed by atoms with E-state index in [0.29, 0.717) is 5.56 Å². The standard InChI is InChI=1S/C21H21ClN2O2S.C9H12.Ru/c1-16-12-14-19(15-13-16)27(25,26)24-21(22,18-10-6-3-7-11-18)20(23)17-8-4-2-5-9-17;1-7-4-8(2)6-9(3)5-7;/h2-15,20,24H,23H2,1H3;4-6H,1-3H3;/t20-,21-;;/m0../s1. The summed E-state index contributed by atoms with van der Waals surface area (Å²) < 4.78 is 28.7. The van der Waals surface area contributed by atoms with Crippen LogP contribution in [0.3, 0.4) is 0 Å². The monoisotopic (exact) mass is 622 g/mol. The smallest absolute Gasteiger partial charge is 0.242 e. The van der Waals surface area contributed by atoms with E-state index in [1.807, 2.05) is 43.3 Å². The van der Waals surface area contributed by atoms with Gasteiger partial charge in [-0.15, -0.1) is 0 Å². The van der Waals surface area contributed by atoms with Crippen LogP contribution in [0.4, 0.5) is 0 Å². The van der Waals surface area contributed by atoms with E-state index in [0.717, 1.165) is 11.1 Å². The molecule has 4 aromatic carbocycles. The summed E-state index contributed by atoms with van der Waals surface area (Å²) >= 11 is 6.90. The maximum absolute atomic E-state index is 13.0. The molecular formula is C30H33ClN2O2RuS. The van der Waals surface area contributed by atoms with Crippen molar-refractivity contribution in [3.8, 4) is 0 Å². The van der Waals surface area contributed by atoms with Crippen LogP contribution in [0, 0.1) is 27.7 Å². The molecule has 0 aliphatic rings. The zero-order valence-electron chi connectivity index (χ0n) is 21.4. The normalized spacial score (nSPS) is 13.4. The molecule has 0 spiro atoms. The van der Waals surface area contributed by atoms with Crippen molar-refractivity contribution in [1.82, 2.24) is 4.72 Å². The Labute approximate surface area is 239 Å². The molecule has 0 aliphatic heterocycles. The maximum atomic E-state index is 13.0. The van der Waals surface area contributed by atoms with Crippen molar-refractivity contribution >= 4 is 21.6 Å². The third-order valence-corrected chi connectivity index (χ3v) is 7.90. The van der Waals surface area contributed by atoms with Gasteiger partial charge in [0.25, 0.3) is 0 Å². The first kappa shape index (κ1) is 30.9. The number of nitrogens with two attached hydrogens (primary N) is 1. The third kappa shape index (κ3) is 8.33. The fourth-order valence-corrected chi connectivity index (χ4v) is 5.85. The van der Waals surface area contributed by atoms with Crippen LogP contribution in [0.1, 0.15) is 39.4 Å². The van der Waals surface area contributed by atoms with Gasteiger partial charge in [0.2, 0.25) is 10.0 Å². The van der Waals surface area contributed by atoms with Crippen molar-refractivity contribution in [2.45, 2.75) is 43.6 Å². The van der Waals surface area contributed by atoms with Crippen molar-refractivity contribution in [1.29, 1.82) is 0 Å². The van der Waals surface area contributed by atoms with Gasteiger partial charge in [-0.3, -0.25) is 0 Å². The quantitative estimate of drug-likeness (QED) is 0.143. The van der Waals surface area contributed by atoms with Gasteiger partial charge in [-0.05, 0) is 51.0 Å². The third-order valence-electron chi connectivity index (χ3n) is 5.76. The Bertz CT molecular complexity index is 1330. The van der Waals surface area contributed by atoms with Gasteiger partial charge in [0.15, 0.2) is 5.00 Å². The predicted molar refractivity (Wildman–Crippen MR) is 149 cm³/mol. The Morgan fingerprint density at radius 3 is 1.59 bits per heavy atom. The fourth-order valence-electron chi connectivity index (χ4n) is 4.05. The minimum absolute atomic E-state index is 0. The van der Waals surface area contributed by atoms with Crippen LogP contribution in [0.5, 0.6) is 0 Å². The zero-order chi connectivity index (χ0) is 26.3. The average Bonchev–Trinajstić information content (AvgIpc) is 2.84. The summed E-state index contributed by atoms with van der Waals surface area (Å²) in [6.45, 7) is 8.27. The van der Waals surface area contributed by atoms with E-state index in [4.69, 9.17) is 17.3 Å². The van der Waals surface area contributed by atoms with Gasteiger partial charge in [-0.1, -0.05) is 125 Å². The summed E-state index contributed by atoms with van der Waals surface area (Å²) in [4.78, 5) is -1.42. The Hall–Kier alpha value is -2.34. The molecule has 4 rings (SSSR count). The number of halogens is 1. The van der Waals surface area contributed by atoms with Gasteiger partial charge in [0.1, 0.15) is 0 Å². The van der Waals surface area contributed by atoms with E-state index in [2.05, 4.69) is 43.7 Å². The van der Waals surface area contributed by atoms with Gasteiger partial charge >= 0.3 is 0 Å². The number of rotatable bonds is 6. The first-order chi connectivity index (χ1) is 17.0. The summed E-state index contributed by atoms with van der Waals surface area (Å²) in [5, 5.41) is 0. The number of hydrogen-bond donors (Lipinski definition) is 2. The van der Waals surface area contributed by atoms with Crippen LogP contribution in [-0.2, 0) is 34.5 Å². The van der Waals surface area contributed by atoms with Crippen molar-refractivity contribution < 1.29 is 27.9 Å². The summed E-state index contributed by atoms with van der Waals surface area (Å²) in [5.41, 5.74) is 12.8. The molecule has 0 saturated carbocycles. The molecule has 0 fully saturated rings. The molecule has 196 valence electrons. The molecule has 0 unspecified atom stereocenters. The Kier molecular flexibility index (Phi) is 11.2. The molecule has 0 radical (unpaired) electrons. The zero-order valence-corrected chi connectivity index (χ0v) is 24.7. The first-order valence-corrected chi connectivity index (χ1v) is 13.6. The molecule has 0 heterocycles. The molecule has 0 aromatic heterocycles. The van der Waals surface area contributed by atoms with Gasteiger partial charge in [-0.25, -0.2) is 8.42 Å². The van der Waals surface area contributed by atoms with E-state index in [1.165, 1.54) is 16.7 Å². The molecule has 2 atom stereocenters. The molecule has 0 aliphatic carbocycles.